The molecule has 0 atom stereocenters. The van der Waals surface area contributed by atoms with Crippen molar-refractivity contribution in [1.82, 2.24) is 0 Å². The van der Waals surface area contributed by atoms with Crippen molar-refractivity contribution >= 4 is 0 Å². The topological polar surface area (TPSA) is 19.9 Å². The summed E-state index contributed by atoms with van der Waals surface area (Å²) in [6.45, 7) is -0.513. The van der Waals surface area contributed by atoms with Crippen molar-refractivity contribution < 1.29 is 18.3 Å². The Balaban J connectivity index is 3.50. The monoisotopic (exact) mass is 139 g/mol. The minimum atomic E-state index is -2.32. The van der Waals surface area contributed by atoms with Gasteiger partial charge in [-0.3, -0.25) is 0 Å². The first-order chi connectivity index (χ1) is 4.18. The lowest BCUT2D eigenvalue weighted by molar-refractivity contribution is 0.186. The van der Waals surface area contributed by atoms with E-state index in [0.717, 1.165) is 0 Å². The minimum Gasteiger partial charge on any atom is -0.237 e. The number of rotatable bonds is 3. The first-order valence-corrected chi connectivity index (χ1v) is 2.46. The van der Waals surface area contributed by atoms with Crippen LogP contribution in [0.4, 0.5) is 13.2 Å². The molecule has 0 aliphatic carbocycles. The standard InChI is InChI=1S/C5H6F3O/c6-4(5(7)8)2-1-3-9/h1-3H2. The maximum atomic E-state index is 11.7. The molecule has 0 heterocycles. The van der Waals surface area contributed by atoms with E-state index in [-0.39, 0.29) is 6.42 Å². The highest BCUT2D eigenvalue weighted by Gasteiger charge is 2.02. The van der Waals surface area contributed by atoms with Gasteiger partial charge in [0.25, 0.3) is 0 Å². The fourth-order valence-electron chi connectivity index (χ4n) is 0.322. The lowest BCUT2D eigenvalue weighted by atomic mass is 10.3. The van der Waals surface area contributed by atoms with Gasteiger partial charge in [0.1, 0.15) is 0 Å². The molecule has 0 aromatic heterocycles. The predicted octanol–water partition coefficient (Wildman–Crippen LogP) is 2.27. The van der Waals surface area contributed by atoms with Crippen LogP contribution in [0.15, 0.2) is 11.9 Å². The van der Waals surface area contributed by atoms with Gasteiger partial charge < -0.3 is 0 Å². The molecule has 0 aliphatic rings. The SMILES string of the molecule is [O]CCCC(F)=C(F)F. The molecule has 0 rings (SSSR count). The molecule has 0 amide bonds. The van der Waals surface area contributed by atoms with Gasteiger partial charge in [-0.15, -0.1) is 0 Å². The molecule has 0 fully saturated rings. The highest BCUT2D eigenvalue weighted by molar-refractivity contribution is 4.90. The van der Waals surface area contributed by atoms with E-state index in [4.69, 9.17) is 0 Å². The largest absolute Gasteiger partial charge is 0.301 e. The molecule has 4 heteroatoms. The van der Waals surface area contributed by atoms with Gasteiger partial charge in [-0.25, -0.2) is 9.50 Å². The number of halogens is 3. The molecule has 1 nitrogen and oxygen atoms in total. The van der Waals surface area contributed by atoms with Crippen LogP contribution >= 0.6 is 0 Å². The number of hydrogen-bond acceptors (Lipinski definition) is 0. The van der Waals surface area contributed by atoms with Crippen molar-refractivity contribution in [2.45, 2.75) is 12.8 Å². The summed E-state index contributed by atoms with van der Waals surface area (Å²) in [6, 6.07) is 0. The molecule has 1 radical (unpaired) electrons. The Morgan fingerprint density at radius 1 is 1.22 bits per heavy atom. The van der Waals surface area contributed by atoms with Gasteiger partial charge in [0.15, 0.2) is 5.83 Å². The maximum absolute atomic E-state index is 11.7. The van der Waals surface area contributed by atoms with E-state index in [2.05, 4.69) is 0 Å². The molecule has 0 saturated carbocycles. The molecule has 0 bridgehead atoms. The predicted molar refractivity (Wildman–Crippen MR) is 25.1 cm³/mol. The smallest absolute Gasteiger partial charge is 0.237 e. The summed E-state index contributed by atoms with van der Waals surface area (Å²) < 4.78 is 34.0. The molecule has 0 saturated heterocycles. The van der Waals surface area contributed by atoms with E-state index in [0.29, 0.717) is 0 Å². The molecule has 9 heavy (non-hydrogen) atoms. The summed E-state index contributed by atoms with van der Waals surface area (Å²) in [4.78, 5) is 0. The third kappa shape index (κ3) is 4.02. The zero-order valence-electron chi connectivity index (χ0n) is 4.66. The average Bonchev–Trinajstić information content (AvgIpc) is 1.82. The van der Waals surface area contributed by atoms with Crippen molar-refractivity contribution in [3.05, 3.63) is 11.9 Å². The van der Waals surface area contributed by atoms with Gasteiger partial charge in [-0.05, 0) is 6.42 Å². The van der Waals surface area contributed by atoms with Crippen LogP contribution in [-0.4, -0.2) is 6.61 Å². The van der Waals surface area contributed by atoms with Crippen LogP contribution in [0.25, 0.3) is 0 Å². The van der Waals surface area contributed by atoms with Crippen molar-refractivity contribution in [2.24, 2.45) is 0 Å². The molecule has 0 aromatic carbocycles. The average molecular weight is 139 g/mol. The molecule has 0 aliphatic heterocycles. The zero-order chi connectivity index (χ0) is 7.28. The van der Waals surface area contributed by atoms with E-state index in [1.54, 1.807) is 0 Å². The maximum Gasteiger partial charge on any atom is 0.301 e. The molecular weight excluding hydrogens is 133 g/mol. The van der Waals surface area contributed by atoms with E-state index in [1.807, 2.05) is 0 Å². The first-order valence-electron chi connectivity index (χ1n) is 2.46. The highest BCUT2D eigenvalue weighted by atomic mass is 19.3. The lowest BCUT2D eigenvalue weighted by Crippen LogP contribution is -1.82. The van der Waals surface area contributed by atoms with Crippen LogP contribution in [0.1, 0.15) is 12.8 Å². The summed E-state index contributed by atoms with van der Waals surface area (Å²) >= 11 is 0. The zero-order valence-corrected chi connectivity index (χ0v) is 4.66. The van der Waals surface area contributed by atoms with Crippen LogP contribution in [0.2, 0.25) is 0 Å². The van der Waals surface area contributed by atoms with Crippen LogP contribution in [0.3, 0.4) is 0 Å². The van der Waals surface area contributed by atoms with E-state index in [9.17, 15) is 18.3 Å². The Bertz CT molecular complexity index is 107. The Hall–Kier alpha value is -0.510. The Morgan fingerprint density at radius 2 is 1.78 bits per heavy atom. The van der Waals surface area contributed by atoms with Crippen LogP contribution in [0, 0.1) is 0 Å². The summed E-state index contributed by atoms with van der Waals surface area (Å²) in [5.74, 6) is -1.47. The van der Waals surface area contributed by atoms with Crippen molar-refractivity contribution in [3.63, 3.8) is 0 Å². The molecular formula is C5H6F3O. The van der Waals surface area contributed by atoms with Gasteiger partial charge in [-0.1, -0.05) is 0 Å². The summed E-state index contributed by atoms with van der Waals surface area (Å²) in [6.07, 6.45) is -2.82. The van der Waals surface area contributed by atoms with Crippen molar-refractivity contribution in [2.75, 3.05) is 6.61 Å². The van der Waals surface area contributed by atoms with Crippen LogP contribution in [0.5, 0.6) is 0 Å². The highest BCUT2D eigenvalue weighted by Crippen LogP contribution is 2.13. The number of hydrogen-bond donors (Lipinski definition) is 0. The Labute approximate surface area is 50.8 Å². The van der Waals surface area contributed by atoms with Gasteiger partial charge in [0.05, 0.1) is 6.61 Å². The molecule has 0 spiro atoms. The summed E-state index contributed by atoms with van der Waals surface area (Å²) in [7, 11) is 0. The van der Waals surface area contributed by atoms with Gasteiger partial charge >= 0.3 is 6.08 Å². The number of allylic oxidation sites excluding steroid dienone is 1. The second kappa shape index (κ2) is 4.38. The fourth-order valence-corrected chi connectivity index (χ4v) is 0.322. The molecule has 0 N–H and O–H groups in total. The fraction of sp³-hybridized carbons (Fsp3) is 0.600. The van der Waals surface area contributed by atoms with Gasteiger partial charge in [0, 0.05) is 6.42 Å². The first kappa shape index (κ1) is 8.49. The Kier molecular flexibility index (Phi) is 4.13. The van der Waals surface area contributed by atoms with Crippen LogP contribution < -0.4 is 0 Å². The van der Waals surface area contributed by atoms with Crippen molar-refractivity contribution in [3.8, 4) is 0 Å². The van der Waals surface area contributed by atoms with Gasteiger partial charge in [0.2, 0.25) is 0 Å². The Morgan fingerprint density at radius 3 is 2.11 bits per heavy atom. The summed E-state index contributed by atoms with van der Waals surface area (Å²) in [5, 5.41) is 9.62. The quantitative estimate of drug-likeness (QED) is 0.571. The molecule has 0 aromatic rings. The third-order valence-corrected chi connectivity index (χ3v) is 0.746. The summed E-state index contributed by atoms with van der Waals surface area (Å²) in [5.41, 5.74) is 0. The van der Waals surface area contributed by atoms with Crippen LogP contribution in [-0.2, 0) is 5.11 Å². The second-order valence-corrected chi connectivity index (χ2v) is 1.47. The van der Waals surface area contributed by atoms with Crippen molar-refractivity contribution in [1.29, 1.82) is 0 Å². The van der Waals surface area contributed by atoms with Gasteiger partial charge in [-0.2, -0.15) is 8.78 Å². The van der Waals surface area contributed by atoms with E-state index >= 15 is 0 Å². The minimum absolute atomic E-state index is 0.0663. The normalized spacial score (nSPS) is 9.33. The molecule has 53 valence electrons. The van der Waals surface area contributed by atoms with E-state index < -0.39 is 24.9 Å². The molecule has 0 unspecified atom stereocenters. The van der Waals surface area contributed by atoms with E-state index in [1.165, 1.54) is 0 Å². The third-order valence-electron chi connectivity index (χ3n) is 0.746. The second-order valence-electron chi connectivity index (χ2n) is 1.47. The lowest BCUT2D eigenvalue weighted by Gasteiger charge is -1.89.